The summed E-state index contributed by atoms with van der Waals surface area (Å²) in [5.41, 5.74) is 3.90. The van der Waals surface area contributed by atoms with Crippen molar-refractivity contribution in [3.8, 4) is 11.3 Å². The van der Waals surface area contributed by atoms with Gasteiger partial charge in [-0.3, -0.25) is 4.98 Å². The first-order chi connectivity index (χ1) is 15.1. The highest BCUT2D eigenvalue weighted by molar-refractivity contribution is 9.10. The van der Waals surface area contributed by atoms with Gasteiger partial charge < -0.3 is 4.74 Å². The third-order valence-electron chi connectivity index (χ3n) is 4.60. The fourth-order valence-electron chi connectivity index (χ4n) is 3.03. The van der Waals surface area contributed by atoms with Crippen LogP contribution in [0.1, 0.15) is 11.1 Å². The van der Waals surface area contributed by atoms with Crippen molar-refractivity contribution < 1.29 is 9.53 Å². The molecule has 0 saturated carbocycles. The van der Waals surface area contributed by atoms with Crippen LogP contribution in [0.4, 0.5) is 16.4 Å². The Balaban J connectivity index is 1.72. The standard InChI is InChI=1S/C24H19BrN4O2/c1-17-9-10-20(25)14-22(17)29(24(30)31-16-18-6-3-2-4-7-18)23-27-13-11-21(28-23)19-8-5-12-26-15-19/h2-15H,16H2,1H3. The van der Waals surface area contributed by atoms with Crippen molar-refractivity contribution in [2.24, 2.45) is 0 Å². The van der Waals surface area contributed by atoms with Crippen molar-refractivity contribution >= 4 is 33.7 Å². The summed E-state index contributed by atoms with van der Waals surface area (Å²) in [4.78, 5) is 27.8. The highest BCUT2D eigenvalue weighted by Gasteiger charge is 2.25. The molecule has 0 aliphatic rings. The molecule has 6 nitrogen and oxygen atoms in total. The van der Waals surface area contributed by atoms with Gasteiger partial charge in [0.05, 0.1) is 11.4 Å². The van der Waals surface area contributed by atoms with Crippen molar-refractivity contribution in [1.29, 1.82) is 0 Å². The van der Waals surface area contributed by atoms with Crippen LogP contribution in [0.5, 0.6) is 0 Å². The number of amides is 1. The second-order valence-corrected chi connectivity index (χ2v) is 7.71. The first-order valence-corrected chi connectivity index (χ1v) is 10.4. The maximum absolute atomic E-state index is 13.2. The van der Waals surface area contributed by atoms with Gasteiger partial charge in [-0.2, -0.15) is 0 Å². The summed E-state index contributed by atoms with van der Waals surface area (Å²) in [5, 5.41) is 0. The predicted octanol–water partition coefficient (Wildman–Crippen LogP) is 6.08. The number of carbonyl (C=O) groups excluding carboxylic acids is 1. The molecule has 0 N–H and O–H groups in total. The molecule has 1 amide bonds. The van der Waals surface area contributed by atoms with Gasteiger partial charge in [-0.25, -0.2) is 19.7 Å². The van der Waals surface area contributed by atoms with E-state index in [0.717, 1.165) is 21.2 Å². The van der Waals surface area contributed by atoms with E-state index in [4.69, 9.17) is 4.74 Å². The number of pyridine rings is 1. The molecule has 0 atom stereocenters. The first-order valence-electron chi connectivity index (χ1n) is 9.62. The summed E-state index contributed by atoms with van der Waals surface area (Å²) >= 11 is 3.49. The Morgan fingerprint density at radius 3 is 2.65 bits per heavy atom. The number of hydrogen-bond acceptors (Lipinski definition) is 5. The molecule has 4 rings (SSSR count). The Morgan fingerprint density at radius 1 is 1.03 bits per heavy atom. The van der Waals surface area contributed by atoms with Crippen LogP contribution in [0.25, 0.3) is 11.3 Å². The summed E-state index contributed by atoms with van der Waals surface area (Å²) in [6, 6.07) is 20.7. The summed E-state index contributed by atoms with van der Waals surface area (Å²) in [5.74, 6) is 0.223. The van der Waals surface area contributed by atoms with E-state index >= 15 is 0 Å². The zero-order valence-corrected chi connectivity index (χ0v) is 18.4. The van der Waals surface area contributed by atoms with Crippen molar-refractivity contribution in [3.63, 3.8) is 0 Å². The number of ether oxygens (including phenoxy) is 1. The molecule has 2 aromatic heterocycles. The van der Waals surface area contributed by atoms with E-state index in [1.165, 1.54) is 4.90 Å². The van der Waals surface area contributed by atoms with Gasteiger partial charge >= 0.3 is 6.09 Å². The molecule has 0 radical (unpaired) electrons. The lowest BCUT2D eigenvalue weighted by atomic mass is 10.2. The number of aryl methyl sites for hydroxylation is 1. The van der Waals surface area contributed by atoms with E-state index in [9.17, 15) is 4.79 Å². The molecule has 0 saturated heterocycles. The number of hydrogen-bond donors (Lipinski definition) is 0. The molecule has 154 valence electrons. The molecular formula is C24H19BrN4O2. The molecular weight excluding hydrogens is 456 g/mol. The van der Waals surface area contributed by atoms with Gasteiger partial charge in [-0.15, -0.1) is 0 Å². The maximum atomic E-state index is 13.2. The average molecular weight is 475 g/mol. The van der Waals surface area contributed by atoms with Crippen LogP contribution in [-0.4, -0.2) is 21.0 Å². The van der Waals surface area contributed by atoms with Crippen LogP contribution in [0, 0.1) is 6.92 Å². The smallest absolute Gasteiger partial charge is 0.421 e. The van der Waals surface area contributed by atoms with Gasteiger partial charge in [0.2, 0.25) is 5.95 Å². The number of halogens is 1. The fourth-order valence-corrected chi connectivity index (χ4v) is 3.38. The highest BCUT2D eigenvalue weighted by atomic mass is 79.9. The molecule has 2 heterocycles. The normalized spacial score (nSPS) is 10.5. The van der Waals surface area contributed by atoms with Crippen LogP contribution in [0.2, 0.25) is 0 Å². The van der Waals surface area contributed by atoms with E-state index in [1.807, 2.05) is 67.6 Å². The third-order valence-corrected chi connectivity index (χ3v) is 5.09. The zero-order chi connectivity index (χ0) is 21.6. The van der Waals surface area contributed by atoms with E-state index in [0.29, 0.717) is 11.4 Å². The van der Waals surface area contributed by atoms with Gasteiger partial charge in [-0.05, 0) is 48.4 Å². The van der Waals surface area contributed by atoms with Crippen LogP contribution in [-0.2, 0) is 11.3 Å². The van der Waals surface area contributed by atoms with Crippen LogP contribution >= 0.6 is 15.9 Å². The van der Waals surface area contributed by atoms with Crippen molar-refractivity contribution in [3.05, 3.63) is 101 Å². The van der Waals surface area contributed by atoms with Crippen LogP contribution < -0.4 is 4.90 Å². The SMILES string of the molecule is Cc1ccc(Br)cc1N(C(=O)OCc1ccccc1)c1nccc(-c2cccnc2)n1. The molecule has 2 aromatic carbocycles. The lowest BCUT2D eigenvalue weighted by Gasteiger charge is -2.22. The topological polar surface area (TPSA) is 68.2 Å². The Bertz CT molecular complexity index is 1190. The summed E-state index contributed by atoms with van der Waals surface area (Å²) in [7, 11) is 0. The fraction of sp³-hybridized carbons (Fsp3) is 0.0833. The first kappa shape index (κ1) is 20.7. The Morgan fingerprint density at radius 2 is 1.87 bits per heavy atom. The van der Waals surface area contributed by atoms with Gasteiger partial charge in [0.15, 0.2) is 0 Å². The number of anilines is 2. The Hall–Kier alpha value is -3.58. The maximum Gasteiger partial charge on any atom is 0.421 e. The number of aromatic nitrogens is 3. The van der Waals surface area contributed by atoms with Crippen molar-refractivity contribution in [1.82, 2.24) is 15.0 Å². The molecule has 0 aliphatic carbocycles. The minimum atomic E-state index is -0.562. The van der Waals surface area contributed by atoms with Crippen LogP contribution in [0.3, 0.4) is 0 Å². The quantitative estimate of drug-likeness (QED) is 0.350. The molecule has 31 heavy (non-hydrogen) atoms. The molecule has 0 spiro atoms. The molecule has 0 bridgehead atoms. The van der Waals surface area contributed by atoms with Crippen LogP contribution in [0.15, 0.2) is 89.8 Å². The molecule has 7 heteroatoms. The number of benzene rings is 2. The number of nitrogens with zero attached hydrogens (tertiary/aromatic N) is 4. The van der Waals surface area contributed by atoms with Gasteiger partial charge in [0.1, 0.15) is 6.61 Å². The minimum Gasteiger partial charge on any atom is -0.444 e. The zero-order valence-electron chi connectivity index (χ0n) is 16.8. The minimum absolute atomic E-state index is 0.144. The van der Waals surface area contributed by atoms with E-state index in [-0.39, 0.29) is 12.6 Å². The van der Waals surface area contributed by atoms with Crippen molar-refractivity contribution in [2.45, 2.75) is 13.5 Å². The second-order valence-electron chi connectivity index (χ2n) is 6.79. The highest BCUT2D eigenvalue weighted by Crippen LogP contribution is 2.31. The molecule has 0 aliphatic heterocycles. The largest absolute Gasteiger partial charge is 0.444 e. The number of rotatable bonds is 5. The number of carbonyl (C=O) groups is 1. The van der Waals surface area contributed by atoms with E-state index in [1.54, 1.807) is 24.7 Å². The van der Waals surface area contributed by atoms with Gasteiger partial charge in [0.25, 0.3) is 0 Å². The summed E-state index contributed by atoms with van der Waals surface area (Å²) < 4.78 is 6.45. The second kappa shape index (κ2) is 9.49. The Kier molecular flexibility index (Phi) is 6.33. The van der Waals surface area contributed by atoms with E-state index < -0.39 is 6.09 Å². The van der Waals surface area contributed by atoms with Crippen molar-refractivity contribution in [2.75, 3.05) is 4.90 Å². The lowest BCUT2D eigenvalue weighted by Crippen LogP contribution is -2.29. The van der Waals surface area contributed by atoms with Gasteiger partial charge in [-0.1, -0.05) is 52.3 Å². The lowest BCUT2D eigenvalue weighted by molar-refractivity contribution is 0.149. The Labute approximate surface area is 188 Å². The monoisotopic (exact) mass is 474 g/mol. The molecule has 0 unspecified atom stereocenters. The molecule has 4 aromatic rings. The third kappa shape index (κ3) is 4.95. The summed E-state index contributed by atoms with van der Waals surface area (Å²) in [6.45, 7) is 2.07. The summed E-state index contributed by atoms with van der Waals surface area (Å²) in [6.07, 6.45) is 4.47. The molecule has 0 fully saturated rings. The average Bonchev–Trinajstić information content (AvgIpc) is 2.81. The van der Waals surface area contributed by atoms with E-state index in [2.05, 4.69) is 30.9 Å². The predicted molar refractivity (Wildman–Crippen MR) is 123 cm³/mol. The van der Waals surface area contributed by atoms with Gasteiger partial charge in [0, 0.05) is 28.6 Å².